The summed E-state index contributed by atoms with van der Waals surface area (Å²) in [5.41, 5.74) is 3.14. The third-order valence-electron chi connectivity index (χ3n) is 4.64. The van der Waals surface area contributed by atoms with E-state index in [2.05, 4.69) is 16.0 Å². The van der Waals surface area contributed by atoms with Gasteiger partial charge in [0.05, 0.1) is 12.6 Å². The number of halogens is 1. The van der Waals surface area contributed by atoms with E-state index in [0.717, 1.165) is 11.1 Å². The van der Waals surface area contributed by atoms with Gasteiger partial charge in [0.1, 0.15) is 0 Å². The average Bonchev–Trinajstić information content (AvgIpc) is 2.76. The third kappa shape index (κ3) is 6.17. The lowest BCUT2D eigenvalue weighted by molar-refractivity contribution is -0.115. The molecule has 0 heterocycles. The Labute approximate surface area is 181 Å². The maximum absolute atomic E-state index is 12.4. The van der Waals surface area contributed by atoms with Crippen molar-refractivity contribution in [3.05, 3.63) is 101 Å². The lowest BCUT2D eigenvalue weighted by Gasteiger charge is -2.14. The van der Waals surface area contributed by atoms with E-state index in [0.29, 0.717) is 22.8 Å². The minimum Gasteiger partial charge on any atom is -0.346 e. The molecule has 0 aliphatic carbocycles. The van der Waals surface area contributed by atoms with Gasteiger partial charge in [0.25, 0.3) is 5.91 Å². The van der Waals surface area contributed by atoms with Crippen LogP contribution >= 0.6 is 11.6 Å². The van der Waals surface area contributed by atoms with E-state index < -0.39 is 0 Å². The SMILES string of the molecule is CC(NC(=O)c1ccc(NC(=O)CNCc2ccccc2Cl)cc1)c1ccccc1. The number of carbonyl (C=O) groups excluding carboxylic acids is 2. The summed E-state index contributed by atoms with van der Waals surface area (Å²) in [5.74, 6) is -0.331. The number of hydrogen-bond donors (Lipinski definition) is 3. The van der Waals surface area contributed by atoms with Gasteiger partial charge in [-0.2, -0.15) is 0 Å². The van der Waals surface area contributed by atoms with E-state index in [1.807, 2.05) is 61.5 Å². The van der Waals surface area contributed by atoms with Crippen LogP contribution in [0.25, 0.3) is 0 Å². The van der Waals surface area contributed by atoms with Gasteiger partial charge in [-0.25, -0.2) is 0 Å². The van der Waals surface area contributed by atoms with Gasteiger partial charge in [-0.15, -0.1) is 0 Å². The van der Waals surface area contributed by atoms with Crippen molar-refractivity contribution in [2.24, 2.45) is 0 Å². The summed E-state index contributed by atoms with van der Waals surface area (Å²) in [7, 11) is 0. The van der Waals surface area contributed by atoms with E-state index in [1.165, 1.54) is 0 Å². The zero-order valence-corrected chi connectivity index (χ0v) is 17.4. The van der Waals surface area contributed by atoms with Crippen LogP contribution in [0.2, 0.25) is 5.02 Å². The molecule has 0 saturated carbocycles. The van der Waals surface area contributed by atoms with Gasteiger partial charge in [0, 0.05) is 22.8 Å². The summed E-state index contributed by atoms with van der Waals surface area (Å²) in [6.45, 7) is 2.60. The maximum Gasteiger partial charge on any atom is 0.251 e. The van der Waals surface area contributed by atoms with Crippen molar-refractivity contribution in [2.45, 2.75) is 19.5 Å². The molecule has 1 unspecified atom stereocenters. The van der Waals surface area contributed by atoms with Gasteiger partial charge in [-0.05, 0) is 48.4 Å². The number of carbonyl (C=O) groups is 2. The molecule has 154 valence electrons. The molecule has 0 saturated heterocycles. The zero-order valence-electron chi connectivity index (χ0n) is 16.7. The second-order valence-electron chi connectivity index (χ2n) is 6.93. The van der Waals surface area contributed by atoms with Gasteiger partial charge >= 0.3 is 0 Å². The topological polar surface area (TPSA) is 70.2 Å². The van der Waals surface area contributed by atoms with Crippen molar-refractivity contribution < 1.29 is 9.59 Å². The van der Waals surface area contributed by atoms with Gasteiger partial charge in [-0.3, -0.25) is 9.59 Å². The van der Waals surface area contributed by atoms with E-state index in [9.17, 15) is 9.59 Å². The van der Waals surface area contributed by atoms with Crippen molar-refractivity contribution in [1.82, 2.24) is 10.6 Å². The highest BCUT2D eigenvalue weighted by Crippen LogP contribution is 2.15. The molecule has 0 fully saturated rings. The monoisotopic (exact) mass is 421 g/mol. The summed E-state index contributed by atoms with van der Waals surface area (Å²) < 4.78 is 0. The molecular weight excluding hydrogens is 398 g/mol. The standard InChI is InChI=1S/C24H24ClN3O2/c1-17(18-7-3-2-4-8-18)27-24(30)19-11-13-21(14-12-19)28-23(29)16-26-15-20-9-5-6-10-22(20)25/h2-14,17,26H,15-16H2,1H3,(H,27,30)(H,28,29). The Morgan fingerprint density at radius 2 is 1.57 bits per heavy atom. The van der Waals surface area contributed by atoms with Crippen molar-refractivity contribution in [2.75, 3.05) is 11.9 Å². The van der Waals surface area contributed by atoms with Crippen molar-refractivity contribution in [3.63, 3.8) is 0 Å². The molecule has 6 heteroatoms. The second-order valence-corrected chi connectivity index (χ2v) is 7.33. The molecule has 3 N–H and O–H groups in total. The van der Waals surface area contributed by atoms with Crippen LogP contribution in [0.1, 0.15) is 34.5 Å². The summed E-state index contributed by atoms with van der Waals surface area (Å²) >= 11 is 6.10. The Kier molecular flexibility index (Phi) is 7.60. The minimum atomic E-state index is -0.169. The summed E-state index contributed by atoms with van der Waals surface area (Å²) in [6.07, 6.45) is 0. The number of amides is 2. The fraction of sp³-hybridized carbons (Fsp3) is 0.167. The molecule has 0 aliphatic heterocycles. The van der Waals surface area contributed by atoms with E-state index >= 15 is 0 Å². The first-order valence-corrected chi connectivity index (χ1v) is 10.1. The summed E-state index contributed by atoms with van der Waals surface area (Å²) in [5, 5.41) is 9.52. The second kappa shape index (κ2) is 10.6. The molecule has 1 atom stereocenters. The smallest absolute Gasteiger partial charge is 0.251 e. The van der Waals surface area contributed by atoms with Crippen molar-refractivity contribution >= 4 is 29.1 Å². The molecule has 0 aromatic heterocycles. The minimum absolute atomic E-state index is 0.0951. The highest BCUT2D eigenvalue weighted by Gasteiger charge is 2.11. The predicted octanol–water partition coefficient (Wildman–Crippen LogP) is 4.56. The normalized spacial score (nSPS) is 11.5. The summed E-state index contributed by atoms with van der Waals surface area (Å²) in [4.78, 5) is 24.6. The molecular formula is C24H24ClN3O2. The number of nitrogens with one attached hydrogen (secondary N) is 3. The maximum atomic E-state index is 12.4. The number of benzene rings is 3. The fourth-order valence-corrected chi connectivity index (χ4v) is 3.17. The van der Waals surface area contributed by atoms with Gasteiger partial charge < -0.3 is 16.0 Å². The number of anilines is 1. The predicted molar refractivity (Wildman–Crippen MR) is 121 cm³/mol. The lowest BCUT2D eigenvalue weighted by Crippen LogP contribution is -2.28. The van der Waals surface area contributed by atoms with Crippen LogP contribution in [0.4, 0.5) is 5.69 Å². The molecule has 2 amide bonds. The first-order chi connectivity index (χ1) is 14.5. The average molecular weight is 422 g/mol. The first kappa shape index (κ1) is 21.6. The quantitative estimate of drug-likeness (QED) is 0.499. The lowest BCUT2D eigenvalue weighted by atomic mass is 10.1. The van der Waals surface area contributed by atoms with Crippen LogP contribution < -0.4 is 16.0 Å². The zero-order chi connectivity index (χ0) is 21.3. The first-order valence-electron chi connectivity index (χ1n) is 9.73. The molecule has 3 aromatic carbocycles. The molecule has 3 aromatic rings. The van der Waals surface area contributed by atoms with Gasteiger partial charge in [-0.1, -0.05) is 60.1 Å². The molecule has 0 spiro atoms. The van der Waals surface area contributed by atoms with Crippen LogP contribution in [0, 0.1) is 0 Å². The Bertz CT molecular complexity index is 991. The molecule has 0 bridgehead atoms. The Hall–Kier alpha value is -3.15. The van der Waals surface area contributed by atoms with E-state index in [1.54, 1.807) is 24.3 Å². The van der Waals surface area contributed by atoms with Crippen LogP contribution in [0.3, 0.4) is 0 Å². The molecule has 5 nitrogen and oxygen atoms in total. The van der Waals surface area contributed by atoms with Gasteiger partial charge in [0.15, 0.2) is 0 Å². The summed E-state index contributed by atoms with van der Waals surface area (Å²) in [6, 6.07) is 24.0. The van der Waals surface area contributed by atoms with Crippen molar-refractivity contribution in [3.8, 4) is 0 Å². The molecule has 0 aliphatic rings. The van der Waals surface area contributed by atoms with Crippen LogP contribution in [0.5, 0.6) is 0 Å². The van der Waals surface area contributed by atoms with E-state index in [-0.39, 0.29) is 24.4 Å². The number of hydrogen-bond acceptors (Lipinski definition) is 3. The molecule has 0 radical (unpaired) electrons. The Morgan fingerprint density at radius 3 is 2.27 bits per heavy atom. The van der Waals surface area contributed by atoms with Crippen molar-refractivity contribution in [1.29, 1.82) is 0 Å². The van der Waals surface area contributed by atoms with Crippen LogP contribution in [-0.2, 0) is 11.3 Å². The third-order valence-corrected chi connectivity index (χ3v) is 5.01. The highest BCUT2D eigenvalue weighted by atomic mass is 35.5. The Morgan fingerprint density at radius 1 is 0.900 bits per heavy atom. The highest BCUT2D eigenvalue weighted by molar-refractivity contribution is 6.31. The molecule has 3 rings (SSSR count). The van der Waals surface area contributed by atoms with Gasteiger partial charge in [0.2, 0.25) is 5.91 Å². The fourth-order valence-electron chi connectivity index (χ4n) is 2.97. The van der Waals surface area contributed by atoms with Crippen LogP contribution in [-0.4, -0.2) is 18.4 Å². The van der Waals surface area contributed by atoms with E-state index in [4.69, 9.17) is 11.6 Å². The molecule has 30 heavy (non-hydrogen) atoms. The largest absolute Gasteiger partial charge is 0.346 e. The number of rotatable bonds is 8. The van der Waals surface area contributed by atoms with Crippen LogP contribution in [0.15, 0.2) is 78.9 Å². The Balaban J connectivity index is 1.47.